The average molecular weight is 295 g/mol. The highest BCUT2D eigenvalue weighted by atomic mass is 32.1. The molecule has 0 saturated heterocycles. The van der Waals surface area contributed by atoms with Crippen molar-refractivity contribution in [3.63, 3.8) is 0 Å². The highest BCUT2D eigenvalue weighted by Gasteiger charge is 2.36. The lowest BCUT2D eigenvalue weighted by Crippen LogP contribution is -2.30. The smallest absolute Gasteiger partial charge is 0.445 e. The molecule has 1 aliphatic rings. The van der Waals surface area contributed by atoms with Crippen LogP contribution in [-0.2, 0) is 6.18 Å². The molecule has 2 rings (SSSR count). The topological polar surface area (TPSA) is 61.0 Å². The molecule has 4 nitrogen and oxygen atoms in total. The van der Waals surface area contributed by atoms with Crippen molar-refractivity contribution in [3.8, 4) is 5.19 Å². The summed E-state index contributed by atoms with van der Waals surface area (Å²) in [6, 6.07) is 0. The summed E-state index contributed by atoms with van der Waals surface area (Å²) in [6.07, 6.45) is -0.102. The molecule has 2 N–H and O–H groups in total. The fraction of sp³-hybridized carbons (Fsp3) is 0.818. The zero-order valence-electron chi connectivity index (χ0n) is 10.3. The molecule has 8 heteroatoms. The summed E-state index contributed by atoms with van der Waals surface area (Å²) >= 11 is 0.437. The van der Waals surface area contributed by atoms with Crippen LogP contribution in [0.4, 0.5) is 13.2 Å². The Morgan fingerprint density at radius 1 is 1.21 bits per heavy atom. The fourth-order valence-corrected chi connectivity index (χ4v) is 2.95. The second-order valence-corrected chi connectivity index (χ2v) is 5.66. The summed E-state index contributed by atoms with van der Waals surface area (Å²) < 4.78 is 42.4. The van der Waals surface area contributed by atoms with Gasteiger partial charge in [-0.05, 0) is 31.2 Å². The Bertz CT molecular complexity index is 410. The zero-order valence-corrected chi connectivity index (χ0v) is 11.1. The van der Waals surface area contributed by atoms with Crippen LogP contribution in [0.15, 0.2) is 0 Å². The maximum atomic E-state index is 12.3. The van der Waals surface area contributed by atoms with Crippen molar-refractivity contribution < 1.29 is 17.9 Å². The van der Waals surface area contributed by atoms with Crippen LogP contribution < -0.4 is 10.5 Å². The van der Waals surface area contributed by atoms with Gasteiger partial charge in [-0.15, -0.1) is 5.10 Å². The number of nitrogens with zero attached hydrogens (tertiary/aromatic N) is 2. The first-order valence-electron chi connectivity index (χ1n) is 6.24. The van der Waals surface area contributed by atoms with Gasteiger partial charge in [-0.1, -0.05) is 29.3 Å². The molecule has 0 aromatic carbocycles. The molecule has 108 valence electrons. The van der Waals surface area contributed by atoms with E-state index in [0.29, 0.717) is 36.3 Å². The quantitative estimate of drug-likeness (QED) is 0.927. The molecule has 0 bridgehead atoms. The van der Waals surface area contributed by atoms with Crippen molar-refractivity contribution in [3.05, 3.63) is 5.01 Å². The molecule has 19 heavy (non-hydrogen) atoms. The molecule has 1 aliphatic carbocycles. The van der Waals surface area contributed by atoms with Crippen LogP contribution in [0.2, 0.25) is 0 Å². The largest absolute Gasteiger partial charge is 0.469 e. The highest BCUT2D eigenvalue weighted by Crippen LogP contribution is 2.35. The minimum absolute atomic E-state index is 0.0198. The van der Waals surface area contributed by atoms with E-state index < -0.39 is 11.2 Å². The molecule has 1 aromatic heterocycles. The Balaban J connectivity index is 1.89. The number of aromatic nitrogens is 2. The number of nitrogens with two attached hydrogens (primary N) is 1. The summed E-state index contributed by atoms with van der Waals surface area (Å²) in [5.41, 5.74) is 5.69. The van der Waals surface area contributed by atoms with Crippen molar-refractivity contribution in [2.75, 3.05) is 13.2 Å². The second kappa shape index (κ2) is 6.04. The summed E-state index contributed by atoms with van der Waals surface area (Å²) in [5, 5.41) is 5.51. The maximum Gasteiger partial charge on any atom is 0.445 e. The van der Waals surface area contributed by atoms with Crippen LogP contribution in [0.1, 0.15) is 30.7 Å². The zero-order chi connectivity index (χ0) is 13.9. The van der Waals surface area contributed by atoms with Gasteiger partial charge in [-0.25, -0.2) is 0 Å². The molecule has 1 heterocycles. The number of hydrogen-bond donors (Lipinski definition) is 1. The van der Waals surface area contributed by atoms with Crippen molar-refractivity contribution in [1.29, 1.82) is 0 Å². The molecule has 2 unspecified atom stereocenters. The van der Waals surface area contributed by atoms with E-state index in [1.54, 1.807) is 0 Å². The third-order valence-corrected chi connectivity index (χ3v) is 4.32. The molecule has 1 fully saturated rings. The lowest BCUT2D eigenvalue weighted by atomic mass is 9.80. The predicted octanol–water partition coefficient (Wildman–Crippen LogP) is 2.70. The minimum atomic E-state index is -4.45. The molecule has 2 atom stereocenters. The molecular formula is C11H16F3N3OS. The van der Waals surface area contributed by atoms with Crippen molar-refractivity contribution in [2.24, 2.45) is 17.6 Å². The third-order valence-electron chi connectivity index (χ3n) is 3.44. The summed E-state index contributed by atoms with van der Waals surface area (Å²) in [4.78, 5) is 0. The lowest BCUT2D eigenvalue weighted by Gasteiger charge is -2.29. The number of hydrogen-bond acceptors (Lipinski definition) is 5. The van der Waals surface area contributed by atoms with Gasteiger partial charge in [0.15, 0.2) is 0 Å². The Morgan fingerprint density at radius 2 is 1.89 bits per heavy atom. The van der Waals surface area contributed by atoms with Crippen LogP contribution in [-0.4, -0.2) is 23.3 Å². The second-order valence-electron chi connectivity index (χ2n) is 4.72. The van der Waals surface area contributed by atoms with Gasteiger partial charge in [-0.2, -0.15) is 13.2 Å². The predicted molar refractivity (Wildman–Crippen MR) is 64.9 cm³/mol. The van der Waals surface area contributed by atoms with Gasteiger partial charge in [-0.3, -0.25) is 0 Å². The van der Waals surface area contributed by atoms with E-state index in [1.807, 2.05) is 0 Å². The molecule has 0 amide bonds. The number of alkyl halides is 3. The first-order chi connectivity index (χ1) is 9.00. The third kappa shape index (κ3) is 3.79. The van der Waals surface area contributed by atoms with Crippen LogP contribution in [0, 0.1) is 11.8 Å². The molecule has 1 saturated carbocycles. The van der Waals surface area contributed by atoms with Gasteiger partial charge in [0, 0.05) is 0 Å². The van der Waals surface area contributed by atoms with Gasteiger partial charge < -0.3 is 10.5 Å². The Kier molecular flexibility index (Phi) is 4.62. The Labute approximate surface area is 113 Å². The monoisotopic (exact) mass is 295 g/mol. The summed E-state index contributed by atoms with van der Waals surface area (Å²) in [5.74, 6) is 0.695. The molecule has 0 radical (unpaired) electrons. The fourth-order valence-electron chi connectivity index (χ4n) is 2.38. The van der Waals surface area contributed by atoms with Crippen molar-refractivity contribution in [1.82, 2.24) is 10.2 Å². The van der Waals surface area contributed by atoms with Gasteiger partial charge in [0.05, 0.1) is 6.61 Å². The number of ether oxygens (including phenoxy) is 1. The molecule has 1 aromatic rings. The van der Waals surface area contributed by atoms with Gasteiger partial charge in [0.2, 0.25) is 5.01 Å². The first-order valence-corrected chi connectivity index (χ1v) is 7.06. The number of halogens is 3. The van der Waals surface area contributed by atoms with Crippen LogP contribution in [0.3, 0.4) is 0 Å². The minimum Gasteiger partial charge on any atom is -0.469 e. The van der Waals surface area contributed by atoms with Gasteiger partial charge >= 0.3 is 6.18 Å². The van der Waals surface area contributed by atoms with E-state index in [1.165, 1.54) is 0 Å². The highest BCUT2D eigenvalue weighted by molar-refractivity contribution is 7.13. The Hall–Kier alpha value is -0.890. The van der Waals surface area contributed by atoms with E-state index in [-0.39, 0.29) is 5.19 Å². The van der Waals surface area contributed by atoms with Gasteiger partial charge in [0.25, 0.3) is 5.19 Å². The van der Waals surface area contributed by atoms with E-state index in [9.17, 15) is 13.2 Å². The standard InChI is InChI=1S/C11H16F3N3OS/c12-11(13,14)9-16-17-10(19-9)18-6-8-4-2-1-3-7(8)5-15/h7-8H,1-6,15H2. The Morgan fingerprint density at radius 3 is 2.47 bits per heavy atom. The SMILES string of the molecule is NCC1CCCCC1COc1nnc(C(F)(F)F)s1. The normalized spacial score (nSPS) is 24.4. The van der Waals surface area contributed by atoms with Crippen molar-refractivity contribution >= 4 is 11.3 Å². The van der Waals surface area contributed by atoms with Crippen molar-refractivity contribution in [2.45, 2.75) is 31.9 Å². The van der Waals surface area contributed by atoms with E-state index in [2.05, 4.69) is 10.2 Å². The average Bonchev–Trinajstić information content (AvgIpc) is 2.85. The van der Waals surface area contributed by atoms with Crippen LogP contribution >= 0.6 is 11.3 Å². The van der Waals surface area contributed by atoms with E-state index >= 15 is 0 Å². The summed E-state index contributed by atoms with van der Waals surface area (Å²) in [6.45, 7) is 0.965. The van der Waals surface area contributed by atoms with Crippen LogP contribution in [0.25, 0.3) is 0 Å². The maximum absolute atomic E-state index is 12.3. The molecule has 0 spiro atoms. The first kappa shape index (κ1) is 14.5. The molecule has 0 aliphatic heterocycles. The van der Waals surface area contributed by atoms with E-state index in [0.717, 1.165) is 25.7 Å². The summed E-state index contributed by atoms with van der Waals surface area (Å²) in [7, 11) is 0. The lowest BCUT2D eigenvalue weighted by molar-refractivity contribution is -0.138. The van der Waals surface area contributed by atoms with Crippen LogP contribution in [0.5, 0.6) is 5.19 Å². The van der Waals surface area contributed by atoms with E-state index in [4.69, 9.17) is 10.5 Å². The van der Waals surface area contributed by atoms with Gasteiger partial charge in [0.1, 0.15) is 0 Å². The molecular weight excluding hydrogens is 279 g/mol. The number of rotatable bonds is 4.